The summed E-state index contributed by atoms with van der Waals surface area (Å²) in [5, 5.41) is 2.17. The molecule has 0 unspecified atom stereocenters. The van der Waals surface area contributed by atoms with Crippen molar-refractivity contribution < 1.29 is 9.59 Å². The van der Waals surface area contributed by atoms with Crippen LogP contribution in [0.15, 0.2) is 24.3 Å². The second kappa shape index (κ2) is 14.6. The molecule has 0 atom stereocenters. The minimum atomic E-state index is -0.276. The number of nitrogens with two attached hydrogens (primary N) is 1. The van der Waals surface area contributed by atoms with Crippen molar-refractivity contribution in [3.8, 4) is 0 Å². The zero-order valence-corrected chi connectivity index (χ0v) is 13.2. The van der Waals surface area contributed by atoms with Crippen LogP contribution in [0.5, 0.6) is 0 Å². The van der Waals surface area contributed by atoms with Crippen LogP contribution in [0.3, 0.4) is 0 Å². The molecule has 0 saturated carbocycles. The Morgan fingerprint density at radius 1 is 1.25 bits per heavy atom. The second-order valence-electron chi connectivity index (χ2n) is 2.28. The molecule has 0 aliphatic carbocycles. The van der Waals surface area contributed by atoms with E-state index in [4.69, 9.17) is 15.3 Å². The molecule has 0 bridgehead atoms. The van der Waals surface area contributed by atoms with Gasteiger partial charge in [-0.25, -0.2) is 9.59 Å². The third-order valence-electron chi connectivity index (χ3n) is 1.51. The quantitative estimate of drug-likeness (QED) is 0.631. The van der Waals surface area contributed by atoms with E-state index in [2.05, 4.69) is 53.6 Å². The fourth-order valence-corrected chi connectivity index (χ4v) is 3.14. The van der Waals surface area contributed by atoms with Gasteiger partial charge in [0.15, 0.2) is 0 Å². The van der Waals surface area contributed by atoms with Gasteiger partial charge in [-0.15, -0.1) is 0 Å². The van der Waals surface area contributed by atoms with Gasteiger partial charge < -0.3 is 0 Å². The van der Waals surface area contributed by atoms with Crippen molar-refractivity contribution in [3.05, 3.63) is 29.8 Å². The van der Waals surface area contributed by atoms with Crippen molar-refractivity contribution in [3.63, 3.8) is 0 Å². The summed E-state index contributed by atoms with van der Waals surface area (Å²) in [5.74, 6) is 0. The van der Waals surface area contributed by atoms with Crippen LogP contribution in [0, 0.1) is 0 Å². The molecular weight excluding hydrogens is 349 g/mol. The standard InChI is InChI=1S/C7H8N.2COS.CH3.Sn/c8-6-7-4-2-1-3-5-7;2*2-1-3;;/h1-4H,6,8H2;;;1H3;. The molecule has 0 spiro atoms. The first kappa shape index (κ1) is 18.0. The predicted octanol–water partition coefficient (Wildman–Crippen LogP) is 1.03. The number of hydrogen-bond acceptors (Lipinski definition) is 5. The molecule has 1 aromatic carbocycles. The Morgan fingerprint density at radius 2 is 1.69 bits per heavy atom. The Balaban J connectivity index is 0. The Bertz CT molecular complexity index is 325. The topological polar surface area (TPSA) is 60.2 Å². The maximum atomic E-state index is 8.50. The molecule has 3 nitrogen and oxygen atoms in total. The molecule has 0 aliphatic rings. The summed E-state index contributed by atoms with van der Waals surface area (Å²) in [6.07, 6.45) is 0. The average Bonchev–Trinajstić information content (AvgIpc) is 2.31. The second-order valence-corrected chi connectivity index (χ2v) is 5.58. The molecule has 0 saturated heterocycles. The maximum absolute atomic E-state index is 8.50. The first-order valence-corrected chi connectivity index (χ1v) is 9.25. The van der Waals surface area contributed by atoms with Crippen LogP contribution in [0.25, 0.3) is 0 Å². The number of benzene rings is 1. The van der Waals surface area contributed by atoms with Crippen LogP contribution in [-0.2, 0) is 16.1 Å². The van der Waals surface area contributed by atoms with Crippen LogP contribution in [-0.4, -0.2) is 31.6 Å². The average molecular weight is 360 g/mol. The van der Waals surface area contributed by atoms with E-state index in [1.807, 2.05) is 0 Å². The first-order chi connectivity index (χ1) is 7.71. The fraction of sp³-hybridized carbons (Fsp3) is 0.200. The molecule has 1 rings (SSSR count). The zero-order valence-electron chi connectivity index (χ0n) is 8.73. The van der Waals surface area contributed by atoms with E-state index in [9.17, 15) is 0 Å². The molecule has 2 radical (unpaired) electrons. The van der Waals surface area contributed by atoms with Crippen molar-refractivity contribution in [2.75, 3.05) is 0 Å². The van der Waals surface area contributed by atoms with Gasteiger partial charge in [0, 0.05) is 24.4 Å². The van der Waals surface area contributed by atoms with Crippen molar-refractivity contribution >= 4 is 59.6 Å². The van der Waals surface area contributed by atoms with Gasteiger partial charge in [0.1, 0.15) is 0 Å². The van der Waals surface area contributed by atoms with Gasteiger partial charge in [-0.2, -0.15) is 0 Å². The van der Waals surface area contributed by atoms with E-state index in [1.54, 1.807) is 0 Å². The summed E-state index contributed by atoms with van der Waals surface area (Å²) in [4.78, 5) is 19.3. The van der Waals surface area contributed by atoms with Gasteiger partial charge in [0.25, 0.3) is 0 Å². The van der Waals surface area contributed by atoms with Crippen LogP contribution in [0.1, 0.15) is 5.56 Å². The molecule has 6 heteroatoms. The van der Waals surface area contributed by atoms with Crippen LogP contribution >= 0.6 is 24.4 Å². The SMILES string of the molecule is O=C=S.O=C=S.[CH3][Sn][c]1ccccc1CN. The van der Waals surface area contributed by atoms with E-state index in [1.165, 1.54) is 9.14 Å². The minimum absolute atomic E-state index is 0.276. The predicted molar refractivity (Wildman–Crippen MR) is 72.2 cm³/mol. The van der Waals surface area contributed by atoms with Crippen molar-refractivity contribution in [1.29, 1.82) is 0 Å². The first-order valence-electron chi connectivity index (χ1n) is 4.16. The van der Waals surface area contributed by atoms with E-state index < -0.39 is 0 Å². The molecule has 0 aromatic heterocycles. The van der Waals surface area contributed by atoms with Crippen LogP contribution in [0.4, 0.5) is 0 Å². The summed E-state index contributed by atoms with van der Waals surface area (Å²) < 4.78 is 1.54. The van der Waals surface area contributed by atoms with Gasteiger partial charge in [-0.05, 0) is 0 Å². The van der Waals surface area contributed by atoms with Crippen molar-refractivity contribution in [2.24, 2.45) is 5.73 Å². The molecule has 2 N–H and O–H groups in total. The Morgan fingerprint density at radius 3 is 2.00 bits per heavy atom. The van der Waals surface area contributed by atoms with E-state index >= 15 is 0 Å². The normalized spacial score (nSPS) is 7.12. The molecule has 0 aliphatic heterocycles. The summed E-state index contributed by atoms with van der Waals surface area (Å²) in [7, 11) is 0. The Kier molecular flexibility index (Phi) is 16.4. The molecule has 0 fully saturated rings. The summed E-state index contributed by atoms with van der Waals surface area (Å²) in [5.41, 5.74) is 6.90. The monoisotopic (exact) mass is 361 g/mol. The van der Waals surface area contributed by atoms with Crippen molar-refractivity contribution in [2.45, 2.75) is 11.5 Å². The van der Waals surface area contributed by atoms with E-state index in [-0.39, 0.29) is 21.1 Å². The van der Waals surface area contributed by atoms with Crippen molar-refractivity contribution in [1.82, 2.24) is 0 Å². The van der Waals surface area contributed by atoms with Gasteiger partial charge >= 0.3 is 71.8 Å². The number of thiocarbonyl (C=S) groups is 2. The van der Waals surface area contributed by atoms with Gasteiger partial charge in [0.05, 0.1) is 0 Å². The van der Waals surface area contributed by atoms with E-state index in [0.29, 0.717) is 6.54 Å². The van der Waals surface area contributed by atoms with E-state index in [0.717, 1.165) is 10.5 Å². The molecule has 1 aromatic rings. The molecular formula is C10H11NO2S2Sn. The molecule has 16 heavy (non-hydrogen) atoms. The van der Waals surface area contributed by atoms with Crippen LogP contribution < -0.4 is 9.31 Å². The zero-order chi connectivity index (χ0) is 12.8. The Hall–Kier alpha value is -0.421. The number of rotatable bonds is 2. The number of hydrogen-bond donors (Lipinski definition) is 1. The fourth-order valence-electron chi connectivity index (χ4n) is 0.942. The summed E-state index contributed by atoms with van der Waals surface area (Å²) >= 11 is 6.90. The number of carbonyl (C=O) groups excluding carboxylic acids is 2. The van der Waals surface area contributed by atoms with Gasteiger partial charge in [-0.3, -0.25) is 0 Å². The van der Waals surface area contributed by atoms with Crippen LogP contribution in [0.2, 0.25) is 4.94 Å². The third kappa shape index (κ3) is 10.1. The molecule has 0 amide bonds. The summed E-state index contributed by atoms with van der Waals surface area (Å²) in [6.45, 7) is 0.699. The third-order valence-corrected chi connectivity index (χ3v) is 4.44. The summed E-state index contributed by atoms with van der Waals surface area (Å²) in [6, 6.07) is 8.48. The molecule has 84 valence electrons. The molecule has 0 heterocycles. The van der Waals surface area contributed by atoms with Gasteiger partial charge in [-0.1, -0.05) is 0 Å². The van der Waals surface area contributed by atoms with Gasteiger partial charge in [0.2, 0.25) is 10.5 Å². The Labute approximate surface area is 116 Å².